The summed E-state index contributed by atoms with van der Waals surface area (Å²) in [6, 6.07) is 15.2. The Balaban J connectivity index is 2.25. The Kier molecular flexibility index (Phi) is 6.40. The number of likely N-dealkylation sites (N-methyl/N-ethyl adjacent to an activating group) is 1. The van der Waals surface area contributed by atoms with Crippen LogP contribution < -0.4 is 5.73 Å². The lowest BCUT2D eigenvalue weighted by atomic mass is 9.94. The van der Waals surface area contributed by atoms with E-state index in [1.807, 2.05) is 18.9 Å². The first kappa shape index (κ1) is 18.8. The highest BCUT2D eigenvalue weighted by Gasteiger charge is 2.09. The zero-order valence-corrected chi connectivity index (χ0v) is 15.8. The second-order valence-electron chi connectivity index (χ2n) is 6.28. The Morgan fingerprint density at radius 2 is 1.88 bits per heavy atom. The fraction of sp³-hybridized carbons (Fsp3) is 0.318. The van der Waals surface area contributed by atoms with Crippen LogP contribution in [0.25, 0.3) is 11.1 Å². The van der Waals surface area contributed by atoms with Crippen molar-refractivity contribution in [2.24, 2.45) is 10.7 Å². The molecule has 0 bridgehead atoms. The number of aryl methyl sites for hydroxylation is 1. The van der Waals surface area contributed by atoms with Crippen LogP contribution in [-0.2, 0) is 12.8 Å². The lowest BCUT2D eigenvalue weighted by Gasteiger charge is -2.21. The van der Waals surface area contributed by atoms with E-state index < -0.39 is 0 Å². The monoisotopic (exact) mass is 335 g/mol. The number of guanidine groups is 1. The molecule has 0 unspecified atom stereocenters. The van der Waals surface area contributed by atoms with Gasteiger partial charge in [-0.05, 0) is 48.1 Å². The molecule has 2 aromatic carbocycles. The quantitative estimate of drug-likeness (QED) is 0.622. The molecule has 0 saturated carbocycles. The van der Waals surface area contributed by atoms with Crippen molar-refractivity contribution in [3.05, 3.63) is 71.4 Å². The average molecular weight is 335 g/mol. The van der Waals surface area contributed by atoms with Crippen LogP contribution >= 0.6 is 0 Å². The zero-order valence-electron chi connectivity index (χ0n) is 15.8. The predicted molar refractivity (Wildman–Crippen MR) is 109 cm³/mol. The van der Waals surface area contributed by atoms with Crippen molar-refractivity contribution in [1.29, 1.82) is 0 Å². The van der Waals surface area contributed by atoms with Crippen molar-refractivity contribution in [1.82, 2.24) is 4.90 Å². The highest BCUT2D eigenvalue weighted by molar-refractivity contribution is 5.79. The number of benzene rings is 2. The summed E-state index contributed by atoms with van der Waals surface area (Å²) in [7, 11) is 1.91. The Morgan fingerprint density at radius 3 is 2.56 bits per heavy atom. The van der Waals surface area contributed by atoms with Crippen LogP contribution in [0.3, 0.4) is 0 Å². The smallest absolute Gasteiger partial charge is 0.195 e. The third-order valence-electron chi connectivity index (χ3n) is 4.61. The number of allylic oxidation sites excluding steroid dienone is 1. The van der Waals surface area contributed by atoms with Gasteiger partial charge in [0.25, 0.3) is 0 Å². The number of rotatable bonds is 6. The van der Waals surface area contributed by atoms with Gasteiger partial charge < -0.3 is 10.6 Å². The predicted octanol–water partition coefficient (Wildman–Crippen LogP) is 4.55. The van der Waals surface area contributed by atoms with Crippen LogP contribution in [0, 0.1) is 6.92 Å². The maximum atomic E-state index is 5.97. The van der Waals surface area contributed by atoms with Gasteiger partial charge in [-0.2, -0.15) is 0 Å². The van der Waals surface area contributed by atoms with E-state index in [-0.39, 0.29) is 0 Å². The van der Waals surface area contributed by atoms with Crippen molar-refractivity contribution >= 4 is 5.96 Å². The highest BCUT2D eigenvalue weighted by atomic mass is 15.2. The lowest BCUT2D eigenvalue weighted by Crippen LogP contribution is -2.33. The minimum atomic E-state index is 0.509. The average Bonchev–Trinajstić information content (AvgIpc) is 2.61. The molecule has 2 N–H and O–H groups in total. The topological polar surface area (TPSA) is 41.6 Å². The van der Waals surface area contributed by atoms with Gasteiger partial charge in [0.1, 0.15) is 0 Å². The van der Waals surface area contributed by atoms with Gasteiger partial charge in [-0.1, -0.05) is 56.0 Å². The standard InChI is InChI=1S/C22H29N3/c1-6-19-11-9-13-21(17(19)4)20-12-8-10-18(15-20)14-16(3)25(5)22(23)24-7-2/h8-13,15H,3,6-7,14H2,1-2,4-5H3,(H2,23,24). The molecule has 0 aliphatic rings. The summed E-state index contributed by atoms with van der Waals surface area (Å²) in [6.45, 7) is 11.2. The van der Waals surface area contributed by atoms with E-state index in [1.165, 1.54) is 27.8 Å². The van der Waals surface area contributed by atoms with E-state index in [1.54, 1.807) is 0 Å². The molecular weight excluding hydrogens is 306 g/mol. The van der Waals surface area contributed by atoms with Crippen LogP contribution in [-0.4, -0.2) is 24.5 Å². The van der Waals surface area contributed by atoms with Crippen LogP contribution in [0.15, 0.2) is 59.7 Å². The van der Waals surface area contributed by atoms with Crippen molar-refractivity contribution in [3.8, 4) is 11.1 Å². The second kappa shape index (κ2) is 8.52. The number of nitrogens with zero attached hydrogens (tertiary/aromatic N) is 2. The van der Waals surface area contributed by atoms with Crippen LogP contribution in [0.5, 0.6) is 0 Å². The van der Waals surface area contributed by atoms with Gasteiger partial charge in [0.2, 0.25) is 0 Å². The number of hydrogen-bond acceptors (Lipinski definition) is 1. The number of aliphatic imine (C=N–C) groups is 1. The Morgan fingerprint density at radius 1 is 1.16 bits per heavy atom. The van der Waals surface area contributed by atoms with Gasteiger partial charge in [-0.15, -0.1) is 0 Å². The molecule has 2 aromatic rings. The summed E-state index contributed by atoms with van der Waals surface area (Å²) >= 11 is 0. The minimum absolute atomic E-state index is 0.509. The molecule has 0 aliphatic heterocycles. The summed E-state index contributed by atoms with van der Waals surface area (Å²) < 4.78 is 0. The van der Waals surface area contributed by atoms with Gasteiger partial charge in [0.15, 0.2) is 5.96 Å². The van der Waals surface area contributed by atoms with Gasteiger partial charge in [0.05, 0.1) is 0 Å². The normalized spacial score (nSPS) is 11.4. The first-order valence-electron chi connectivity index (χ1n) is 8.87. The van der Waals surface area contributed by atoms with Gasteiger partial charge in [-0.3, -0.25) is 4.99 Å². The van der Waals surface area contributed by atoms with Crippen molar-refractivity contribution in [2.75, 3.05) is 13.6 Å². The molecule has 0 saturated heterocycles. The molecule has 0 spiro atoms. The molecule has 2 rings (SSSR count). The number of nitrogens with two attached hydrogens (primary N) is 1. The first-order valence-corrected chi connectivity index (χ1v) is 8.87. The third kappa shape index (κ3) is 4.50. The summed E-state index contributed by atoms with van der Waals surface area (Å²) in [5, 5.41) is 0. The number of hydrogen-bond donors (Lipinski definition) is 1. The van der Waals surface area contributed by atoms with E-state index in [0.29, 0.717) is 12.5 Å². The van der Waals surface area contributed by atoms with E-state index in [0.717, 1.165) is 18.5 Å². The molecule has 0 aromatic heterocycles. The van der Waals surface area contributed by atoms with E-state index in [9.17, 15) is 0 Å². The second-order valence-corrected chi connectivity index (χ2v) is 6.28. The Hall–Kier alpha value is -2.55. The molecule has 0 amide bonds. The maximum Gasteiger partial charge on any atom is 0.195 e. The highest BCUT2D eigenvalue weighted by Crippen LogP contribution is 2.27. The summed E-state index contributed by atoms with van der Waals surface area (Å²) in [6.07, 6.45) is 1.80. The van der Waals surface area contributed by atoms with Crippen LogP contribution in [0.1, 0.15) is 30.5 Å². The summed E-state index contributed by atoms with van der Waals surface area (Å²) in [5.74, 6) is 0.509. The lowest BCUT2D eigenvalue weighted by molar-refractivity contribution is 0.598. The summed E-state index contributed by atoms with van der Waals surface area (Å²) in [4.78, 5) is 6.10. The molecule has 0 heterocycles. The van der Waals surface area contributed by atoms with Crippen LogP contribution in [0.2, 0.25) is 0 Å². The zero-order chi connectivity index (χ0) is 18.4. The molecule has 25 heavy (non-hydrogen) atoms. The fourth-order valence-electron chi connectivity index (χ4n) is 3.01. The van der Waals surface area contributed by atoms with Gasteiger partial charge in [0, 0.05) is 25.7 Å². The first-order chi connectivity index (χ1) is 12.0. The molecule has 0 aliphatic carbocycles. The van der Waals surface area contributed by atoms with Crippen molar-refractivity contribution in [3.63, 3.8) is 0 Å². The Bertz CT molecular complexity index is 775. The molecular formula is C22H29N3. The van der Waals surface area contributed by atoms with E-state index in [4.69, 9.17) is 5.73 Å². The summed E-state index contributed by atoms with van der Waals surface area (Å²) in [5.41, 5.74) is 13.4. The molecule has 3 nitrogen and oxygen atoms in total. The molecule has 132 valence electrons. The maximum absolute atomic E-state index is 5.97. The molecule has 0 atom stereocenters. The SMILES string of the molecule is C=C(Cc1cccc(-c2cccc(CC)c2C)c1)N(C)C(N)=NCC. The third-order valence-corrected chi connectivity index (χ3v) is 4.61. The van der Waals surface area contributed by atoms with E-state index in [2.05, 4.69) is 67.9 Å². The van der Waals surface area contributed by atoms with Gasteiger partial charge >= 0.3 is 0 Å². The molecule has 3 heteroatoms. The van der Waals surface area contributed by atoms with Crippen molar-refractivity contribution < 1.29 is 0 Å². The fourth-order valence-corrected chi connectivity index (χ4v) is 3.01. The van der Waals surface area contributed by atoms with Crippen LogP contribution in [0.4, 0.5) is 0 Å². The van der Waals surface area contributed by atoms with Gasteiger partial charge in [-0.25, -0.2) is 0 Å². The van der Waals surface area contributed by atoms with E-state index >= 15 is 0 Å². The minimum Gasteiger partial charge on any atom is -0.370 e. The Labute approximate surface area is 151 Å². The molecule has 0 radical (unpaired) electrons. The largest absolute Gasteiger partial charge is 0.370 e. The molecule has 0 fully saturated rings. The van der Waals surface area contributed by atoms with Crippen molar-refractivity contribution in [2.45, 2.75) is 33.6 Å².